The topological polar surface area (TPSA) is 87.6 Å². The first-order valence-corrected chi connectivity index (χ1v) is 7.83. The molecule has 25 heavy (non-hydrogen) atoms. The van der Waals surface area contributed by atoms with Crippen molar-refractivity contribution in [2.75, 3.05) is 6.67 Å². The van der Waals surface area contributed by atoms with Crippen LogP contribution in [0.5, 0.6) is 0 Å². The zero-order chi connectivity index (χ0) is 17.4. The molecular weight excluding hydrogens is 327 g/mol. The number of pyridine rings is 1. The van der Waals surface area contributed by atoms with E-state index in [4.69, 9.17) is 0 Å². The van der Waals surface area contributed by atoms with E-state index in [-0.39, 0.29) is 6.54 Å². The summed E-state index contributed by atoms with van der Waals surface area (Å²) >= 11 is 0. The van der Waals surface area contributed by atoms with Crippen LogP contribution in [0.2, 0.25) is 0 Å². The minimum absolute atomic E-state index is 0.162. The number of rotatable bonds is 5. The highest BCUT2D eigenvalue weighted by molar-refractivity contribution is 5.28. The van der Waals surface area contributed by atoms with Crippen LogP contribution in [0.1, 0.15) is 18.5 Å². The highest BCUT2D eigenvalue weighted by Crippen LogP contribution is 2.42. The summed E-state index contributed by atoms with van der Waals surface area (Å²) in [7, 11) is 0. The first-order valence-electron chi connectivity index (χ1n) is 7.83. The van der Waals surface area contributed by atoms with Gasteiger partial charge in [0.25, 0.3) is 0 Å². The fourth-order valence-electron chi connectivity index (χ4n) is 2.76. The molecule has 1 aliphatic carbocycles. The standard InChI is InChI=1S/C16H15FN6O2/c17-11-16(3-4-16)22-8-7-21(14(24)15(22)25)10-12-1-2-13(9-18-12)23-6-5-19-20-23/h1-2,5-9H,3-4,10-11H2. The smallest absolute Gasteiger partial charge is 0.303 e. The van der Waals surface area contributed by atoms with Gasteiger partial charge in [-0.25, -0.2) is 9.07 Å². The molecule has 0 aliphatic heterocycles. The van der Waals surface area contributed by atoms with Gasteiger partial charge in [0.15, 0.2) is 0 Å². The average Bonchev–Trinajstić information content (AvgIpc) is 3.23. The summed E-state index contributed by atoms with van der Waals surface area (Å²) in [6, 6.07) is 3.55. The van der Waals surface area contributed by atoms with Crippen molar-refractivity contribution in [1.82, 2.24) is 29.1 Å². The molecule has 0 saturated heterocycles. The number of hydrogen-bond acceptors (Lipinski definition) is 5. The van der Waals surface area contributed by atoms with Crippen molar-refractivity contribution in [2.24, 2.45) is 0 Å². The summed E-state index contributed by atoms with van der Waals surface area (Å²) in [6.45, 7) is -0.475. The predicted molar refractivity (Wildman–Crippen MR) is 86.4 cm³/mol. The molecule has 0 spiro atoms. The van der Waals surface area contributed by atoms with Gasteiger partial charge in [-0.15, -0.1) is 5.10 Å². The van der Waals surface area contributed by atoms with Gasteiger partial charge in [0.1, 0.15) is 6.67 Å². The molecule has 0 bridgehead atoms. The minimum Gasteiger partial charge on any atom is -0.303 e. The van der Waals surface area contributed by atoms with Crippen molar-refractivity contribution in [3.63, 3.8) is 0 Å². The number of hydrogen-bond donors (Lipinski definition) is 0. The van der Waals surface area contributed by atoms with E-state index >= 15 is 0 Å². The largest absolute Gasteiger partial charge is 0.317 e. The molecule has 8 nitrogen and oxygen atoms in total. The molecule has 128 valence electrons. The van der Waals surface area contributed by atoms with Crippen LogP contribution in [0.4, 0.5) is 4.39 Å². The van der Waals surface area contributed by atoms with Crippen LogP contribution in [0.3, 0.4) is 0 Å². The highest BCUT2D eigenvalue weighted by Gasteiger charge is 2.45. The molecule has 0 atom stereocenters. The van der Waals surface area contributed by atoms with Crippen molar-refractivity contribution < 1.29 is 4.39 Å². The molecule has 3 aromatic rings. The second-order valence-electron chi connectivity index (χ2n) is 6.12. The Morgan fingerprint density at radius 1 is 1.12 bits per heavy atom. The molecule has 4 rings (SSSR count). The van der Waals surface area contributed by atoms with Gasteiger partial charge in [0.2, 0.25) is 0 Å². The van der Waals surface area contributed by atoms with E-state index in [0.717, 1.165) is 5.69 Å². The van der Waals surface area contributed by atoms with Crippen LogP contribution in [0, 0.1) is 0 Å². The Hall–Kier alpha value is -3.10. The molecule has 1 fully saturated rings. The predicted octanol–water partition coefficient (Wildman–Crippen LogP) is 0.493. The SMILES string of the molecule is O=c1c(=O)n(C2(CF)CC2)ccn1Cc1ccc(-n2ccnn2)cn1. The lowest BCUT2D eigenvalue weighted by molar-refractivity contribution is 0.326. The van der Waals surface area contributed by atoms with E-state index in [9.17, 15) is 14.0 Å². The lowest BCUT2D eigenvalue weighted by Gasteiger charge is -2.15. The second-order valence-corrected chi connectivity index (χ2v) is 6.12. The molecule has 3 aromatic heterocycles. The minimum atomic E-state index is -0.812. The Bertz CT molecular complexity index is 1000. The van der Waals surface area contributed by atoms with E-state index in [1.54, 1.807) is 35.4 Å². The summed E-state index contributed by atoms with van der Waals surface area (Å²) in [5.74, 6) is 0. The summed E-state index contributed by atoms with van der Waals surface area (Å²) in [5.41, 5.74) is -0.828. The summed E-state index contributed by atoms with van der Waals surface area (Å²) in [5, 5.41) is 7.60. The Morgan fingerprint density at radius 3 is 2.56 bits per heavy atom. The maximum absolute atomic E-state index is 13.1. The number of halogens is 1. The molecule has 1 aliphatic rings. The van der Waals surface area contributed by atoms with Crippen molar-refractivity contribution in [3.05, 3.63) is 69.5 Å². The molecule has 9 heteroatoms. The first kappa shape index (κ1) is 15.4. The van der Waals surface area contributed by atoms with Crippen LogP contribution in [0.15, 0.2) is 52.7 Å². The second kappa shape index (κ2) is 5.76. The third-order valence-electron chi connectivity index (χ3n) is 4.47. The summed E-state index contributed by atoms with van der Waals surface area (Å²) in [6.07, 6.45) is 9.02. The molecule has 3 heterocycles. The average molecular weight is 342 g/mol. The quantitative estimate of drug-likeness (QED) is 0.630. The highest BCUT2D eigenvalue weighted by atomic mass is 19.1. The third-order valence-corrected chi connectivity index (χ3v) is 4.47. The first-order chi connectivity index (χ1) is 12.1. The van der Waals surface area contributed by atoms with Crippen LogP contribution < -0.4 is 11.1 Å². The van der Waals surface area contributed by atoms with Crippen LogP contribution >= 0.6 is 0 Å². The maximum Gasteiger partial charge on any atom is 0.317 e. The molecule has 0 N–H and O–H groups in total. The van der Waals surface area contributed by atoms with Gasteiger partial charge in [-0.1, -0.05) is 5.21 Å². The fourth-order valence-corrected chi connectivity index (χ4v) is 2.76. The van der Waals surface area contributed by atoms with E-state index in [1.165, 1.54) is 21.5 Å². The van der Waals surface area contributed by atoms with E-state index < -0.39 is 23.3 Å². The molecule has 0 unspecified atom stereocenters. The van der Waals surface area contributed by atoms with Crippen molar-refractivity contribution in [2.45, 2.75) is 24.9 Å². The monoisotopic (exact) mass is 342 g/mol. The third kappa shape index (κ3) is 2.67. The van der Waals surface area contributed by atoms with Gasteiger partial charge in [0, 0.05) is 12.4 Å². The molecular formula is C16H15FN6O2. The van der Waals surface area contributed by atoms with E-state index in [2.05, 4.69) is 15.3 Å². The van der Waals surface area contributed by atoms with Gasteiger partial charge in [-0.2, -0.15) is 0 Å². The van der Waals surface area contributed by atoms with Gasteiger partial charge < -0.3 is 9.13 Å². The molecule has 0 radical (unpaired) electrons. The van der Waals surface area contributed by atoms with Gasteiger partial charge in [-0.05, 0) is 25.0 Å². The Morgan fingerprint density at radius 2 is 1.96 bits per heavy atom. The van der Waals surface area contributed by atoms with Gasteiger partial charge >= 0.3 is 11.1 Å². The zero-order valence-electron chi connectivity index (χ0n) is 13.2. The van der Waals surface area contributed by atoms with Crippen molar-refractivity contribution in [1.29, 1.82) is 0 Å². The van der Waals surface area contributed by atoms with E-state index in [0.29, 0.717) is 18.5 Å². The lowest BCUT2D eigenvalue weighted by Crippen LogP contribution is -2.45. The molecule has 0 amide bonds. The van der Waals surface area contributed by atoms with Crippen LogP contribution in [0.25, 0.3) is 5.69 Å². The Labute approximate surface area is 141 Å². The number of aromatic nitrogens is 6. The molecule has 0 aromatic carbocycles. The summed E-state index contributed by atoms with van der Waals surface area (Å²) < 4.78 is 17.2. The lowest BCUT2D eigenvalue weighted by atomic mass is 10.3. The Balaban J connectivity index is 1.60. The fraction of sp³-hybridized carbons (Fsp3) is 0.312. The number of nitrogens with zero attached hydrogens (tertiary/aromatic N) is 6. The zero-order valence-corrected chi connectivity index (χ0v) is 13.2. The van der Waals surface area contributed by atoms with Crippen molar-refractivity contribution in [3.8, 4) is 5.69 Å². The maximum atomic E-state index is 13.1. The van der Waals surface area contributed by atoms with Gasteiger partial charge in [0.05, 0.1) is 42.1 Å². The Kier molecular flexibility index (Phi) is 3.56. The van der Waals surface area contributed by atoms with Crippen molar-refractivity contribution >= 4 is 0 Å². The number of alkyl halides is 1. The van der Waals surface area contributed by atoms with Crippen LogP contribution in [-0.2, 0) is 12.1 Å². The van der Waals surface area contributed by atoms with Crippen LogP contribution in [-0.4, -0.2) is 35.8 Å². The van der Waals surface area contributed by atoms with Gasteiger partial charge in [-0.3, -0.25) is 14.6 Å². The summed E-state index contributed by atoms with van der Waals surface area (Å²) in [4.78, 5) is 28.8. The van der Waals surface area contributed by atoms with E-state index in [1.807, 2.05) is 0 Å². The normalized spacial score (nSPS) is 15.2. The molecule has 1 saturated carbocycles.